The number of nitrogens with one attached hydrogen (secondary N) is 3. The second-order valence-electron chi connectivity index (χ2n) is 5.06. The van der Waals surface area contributed by atoms with Crippen molar-refractivity contribution in [2.45, 2.75) is 26.3 Å². The second-order valence-corrected chi connectivity index (χ2v) is 6.81. The van der Waals surface area contributed by atoms with E-state index in [9.17, 15) is 8.42 Å². The molecule has 0 aliphatic heterocycles. The molecule has 0 radical (unpaired) electrons. The molecule has 0 atom stereocenters. The molecule has 21 heavy (non-hydrogen) atoms. The van der Waals surface area contributed by atoms with Crippen LogP contribution in [-0.2, 0) is 10.0 Å². The van der Waals surface area contributed by atoms with Crippen molar-refractivity contribution in [1.82, 2.24) is 19.7 Å². The Hall–Kier alpha value is -1.68. The highest BCUT2D eigenvalue weighted by atomic mass is 32.2. The van der Waals surface area contributed by atoms with E-state index in [0.717, 1.165) is 6.26 Å². The minimum Gasteiger partial charge on any atom is -0.464 e. The van der Waals surface area contributed by atoms with Gasteiger partial charge in [0.25, 0.3) is 0 Å². The lowest BCUT2D eigenvalue weighted by molar-refractivity contribution is 0.312. The monoisotopic (exact) mass is 318 g/mol. The number of sulfonamides is 1. The van der Waals surface area contributed by atoms with Gasteiger partial charge in [0.05, 0.1) is 12.9 Å². The first-order valence-corrected chi connectivity index (χ1v) is 8.34. The zero-order valence-corrected chi connectivity index (χ0v) is 13.7. The lowest BCUT2D eigenvalue weighted by atomic mass is 10.1. The molecule has 0 bridgehead atoms. The molecule has 1 aromatic heterocycles. The lowest BCUT2D eigenvalue weighted by Gasteiger charge is -2.25. The van der Waals surface area contributed by atoms with Crippen LogP contribution in [0.2, 0.25) is 0 Å². The SMILES string of the molecule is CCOc1nc(NC)nc(NCC(C)(C)NS(C)(=O)=O)n1. The lowest BCUT2D eigenvalue weighted by Crippen LogP contribution is -2.48. The van der Waals surface area contributed by atoms with Crippen molar-refractivity contribution in [3.8, 4) is 6.01 Å². The maximum atomic E-state index is 11.3. The van der Waals surface area contributed by atoms with Crippen molar-refractivity contribution in [2.24, 2.45) is 0 Å². The van der Waals surface area contributed by atoms with Crippen LogP contribution in [0.15, 0.2) is 0 Å². The molecule has 9 nitrogen and oxygen atoms in total. The molecular formula is C11H22N6O3S. The van der Waals surface area contributed by atoms with Crippen LogP contribution in [0.25, 0.3) is 0 Å². The third-order valence-electron chi connectivity index (χ3n) is 2.26. The van der Waals surface area contributed by atoms with E-state index in [1.165, 1.54) is 0 Å². The van der Waals surface area contributed by atoms with Gasteiger partial charge in [-0.05, 0) is 20.8 Å². The highest BCUT2D eigenvalue weighted by molar-refractivity contribution is 7.88. The molecule has 0 fully saturated rings. The fraction of sp³-hybridized carbons (Fsp3) is 0.727. The second kappa shape index (κ2) is 6.85. The molecule has 0 saturated carbocycles. The molecule has 120 valence electrons. The molecule has 0 amide bonds. The first-order valence-electron chi connectivity index (χ1n) is 6.44. The summed E-state index contributed by atoms with van der Waals surface area (Å²) in [6.07, 6.45) is 1.12. The van der Waals surface area contributed by atoms with Crippen LogP contribution in [0, 0.1) is 0 Å². The Morgan fingerprint density at radius 1 is 1.19 bits per heavy atom. The van der Waals surface area contributed by atoms with Crippen molar-refractivity contribution in [2.75, 3.05) is 37.1 Å². The Morgan fingerprint density at radius 2 is 1.81 bits per heavy atom. The van der Waals surface area contributed by atoms with Crippen LogP contribution in [0.5, 0.6) is 6.01 Å². The van der Waals surface area contributed by atoms with Crippen LogP contribution in [0.4, 0.5) is 11.9 Å². The van der Waals surface area contributed by atoms with Crippen molar-refractivity contribution < 1.29 is 13.2 Å². The first-order chi connectivity index (χ1) is 9.65. The van der Waals surface area contributed by atoms with Crippen molar-refractivity contribution in [3.63, 3.8) is 0 Å². The quantitative estimate of drug-likeness (QED) is 0.615. The van der Waals surface area contributed by atoms with Gasteiger partial charge in [-0.25, -0.2) is 13.1 Å². The van der Waals surface area contributed by atoms with Crippen LogP contribution in [0.1, 0.15) is 20.8 Å². The standard InChI is InChI=1S/C11H22N6O3S/c1-6-20-10-15-8(12-4)14-9(16-10)13-7-11(2,3)17-21(5,18)19/h17H,6-7H2,1-5H3,(H2,12,13,14,15,16). The van der Waals surface area contributed by atoms with Crippen molar-refractivity contribution in [1.29, 1.82) is 0 Å². The number of hydrogen-bond donors (Lipinski definition) is 3. The Balaban J connectivity index is 2.80. The van der Waals surface area contributed by atoms with E-state index in [0.29, 0.717) is 25.0 Å². The average Bonchev–Trinajstić information content (AvgIpc) is 2.34. The highest BCUT2D eigenvalue weighted by Crippen LogP contribution is 2.12. The molecule has 0 aliphatic carbocycles. The summed E-state index contributed by atoms with van der Waals surface area (Å²) < 4.78 is 30.3. The molecular weight excluding hydrogens is 296 g/mol. The minimum atomic E-state index is -3.30. The maximum Gasteiger partial charge on any atom is 0.323 e. The number of anilines is 2. The third-order valence-corrected chi connectivity index (χ3v) is 3.19. The van der Waals surface area contributed by atoms with Gasteiger partial charge in [-0.15, -0.1) is 0 Å². The Bertz CT molecular complexity index is 575. The molecule has 1 rings (SSSR count). The topological polar surface area (TPSA) is 118 Å². The normalized spacial score (nSPS) is 12.0. The van der Waals surface area contributed by atoms with E-state index < -0.39 is 15.6 Å². The van der Waals surface area contributed by atoms with Gasteiger partial charge >= 0.3 is 6.01 Å². The van der Waals surface area contributed by atoms with E-state index in [4.69, 9.17) is 4.74 Å². The van der Waals surface area contributed by atoms with Gasteiger partial charge in [-0.1, -0.05) is 0 Å². The third kappa shape index (κ3) is 6.54. The maximum absolute atomic E-state index is 11.3. The predicted molar refractivity (Wildman–Crippen MR) is 81.1 cm³/mol. The predicted octanol–water partition coefficient (Wildman–Crippen LogP) is 0.0517. The number of rotatable bonds is 8. The van der Waals surface area contributed by atoms with Crippen molar-refractivity contribution in [3.05, 3.63) is 0 Å². The number of hydrogen-bond acceptors (Lipinski definition) is 8. The van der Waals surface area contributed by atoms with Crippen molar-refractivity contribution >= 4 is 21.9 Å². The van der Waals surface area contributed by atoms with Gasteiger partial charge in [-0.2, -0.15) is 15.0 Å². The number of nitrogens with zero attached hydrogens (tertiary/aromatic N) is 3. The summed E-state index contributed by atoms with van der Waals surface area (Å²) in [7, 11) is -1.61. The zero-order valence-electron chi connectivity index (χ0n) is 12.9. The zero-order chi connectivity index (χ0) is 16.1. The largest absolute Gasteiger partial charge is 0.464 e. The van der Waals surface area contributed by atoms with E-state index in [1.807, 2.05) is 6.92 Å². The summed E-state index contributed by atoms with van der Waals surface area (Å²) in [6.45, 7) is 6.08. The van der Waals surface area contributed by atoms with Gasteiger partial charge in [0.2, 0.25) is 21.9 Å². The van der Waals surface area contributed by atoms with E-state index in [2.05, 4.69) is 30.3 Å². The molecule has 10 heteroatoms. The van der Waals surface area contributed by atoms with Gasteiger partial charge in [0.15, 0.2) is 0 Å². The fourth-order valence-electron chi connectivity index (χ4n) is 1.58. The first kappa shape index (κ1) is 17.4. The highest BCUT2D eigenvalue weighted by Gasteiger charge is 2.22. The molecule has 1 heterocycles. The van der Waals surface area contributed by atoms with Crippen LogP contribution in [0.3, 0.4) is 0 Å². The Morgan fingerprint density at radius 3 is 2.33 bits per heavy atom. The summed E-state index contributed by atoms with van der Waals surface area (Å²) in [5.74, 6) is 0.672. The van der Waals surface area contributed by atoms with Gasteiger partial charge < -0.3 is 15.4 Å². The molecule has 1 aromatic rings. The van der Waals surface area contributed by atoms with Gasteiger partial charge in [0.1, 0.15) is 0 Å². The molecule has 0 aliphatic rings. The minimum absolute atomic E-state index is 0.202. The molecule has 3 N–H and O–H groups in total. The summed E-state index contributed by atoms with van der Waals surface area (Å²) >= 11 is 0. The average molecular weight is 318 g/mol. The Kier molecular flexibility index (Phi) is 5.67. The van der Waals surface area contributed by atoms with E-state index in [1.54, 1.807) is 20.9 Å². The van der Waals surface area contributed by atoms with Gasteiger partial charge in [0, 0.05) is 19.1 Å². The number of ether oxygens (including phenoxy) is 1. The Labute approximate surface area is 125 Å². The summed E-state index contributed by atoms with van der Waals surface area (Å²) in [6, 6.07) is 0.202. The fourth-order valence-corrected chi connectivity index (χ4v) is 2.65. The molecule has 0 unspecified atom stereocenters. The van der Waals surface area contributed by atoms with E-state index >= 15 is 0 Å². The summed E-state index contributed by atoms with van der Waals surface area (Å²) in [4.78, 5) is 12.3. The number of aromatic nitrogens is 3. The summed E-state index contributed by atoms with van der Waals surface area (Å²) in [5, 5.41) is 5.78. The van der Waals surface area contributed by atoms with Gasteiger partial charge in [-0.3, -0.25) is 0 Å². The van der Waals surface area contributed by atoms with Crippen LogP contribution in [-0.4, -0.2) is 55.4 Å². The molecule has 0 spiro atoms. The van der Waals surface area contributed by atoms with Crippen LogP contribution >= 0.6 is 0 Å². The smallest absolute Gasteiger partial charge is 0.323 e. The summed E-state index contributed by atoms with van der Waals surface area (Å²) in [5.41, 5.74) is -0.689. The molecule has 0 saturated heterocycles. The molecule has 0 aromatic carbocycles. The van der Waals surface area contributed by atoms with E-state index in [-0.39, 0.29) is 6.01 Å². The van der Waals surface area contributed by atoms with Crippen LogP contribution < -0.4 is 20.1 Å².